The Bertz CT molecular complexity index is 218. The van der Waals surface area contributed by atoms with Gasteiger partial charge in [-0.2, -0.15) is 23.5 Å². The molecule has 0 heterocycles. The van der Waals surface area contributed by atoms with Gasteiger partial charge in [-0.3, -0.25) is 9.59 Å². The van der Waals surface area contributed by atoms with Gasteiger partial charge in [0.1, 0.15) is 12.1 Å². The Labute approximate surface area is 116 Å². The molecule has 0 amide bonds. The Morgan fingerprint density at radius 2 is 1.22 bits per heavy atom. The molecule has 0 aliphatic rings. The largest absolute Gasteiger partial charge is 0.480 e. The number of carbonyl (C=O) groups is 2. The zero-order valence-corrected chi connectivity index (χ0v) is 12.3. The molecule has 0 aliphatic heterocycles. The first-order valence-electron chi connectivity index (χ1n) is 5.31. The first-order valence-corrected chi connectivity index (χ1v) is 8.10. The molecule has 108 valence electrons. The summed E-state index contributed by atoms with van der Waals surface area (Å²) in [6.45, 7) is 0. The second-order valence-corrected chi connectivity index (χ2v) is 5.42. The molecule has 0 aliphatic carbocycles. The van der Waals surface area contributed by atoms with Crippen molar-refractivity contribution in [2.75, 3.05) is 24.0 Å². The lowest BCUT2D eigenvalue weighted by Gasteiger charge is -2.02. The molecule has 0 rings (SSSR count). The Hall–Kier alpha value is -0.440. The van der Waals surface area contributed by atoms with E-state index in [1.807, 2.05) is 12.5 Å². The average Bonchev–Trinajstić information content (AvgIpc) is 2.33. The molecule has 0 aromatic carbocycles. The summed E-state index contributed by atoms with van der Waals surface area (Å²) in [5.74, 6) is -0.200. The molecule has 18 heavy (non-hydrogen) atoms. The monoisotopic (exact) mass is 298 g/mol. The zero-order valence-electron chi connectivity index (χ0n) is 10.7. The SMILES string of the molecule is CSCCC(N)C(=O)O.CSCCC(N)C(=O)O. The van der Waals surface area contributed by atoms with Gasteiger partial charge in [-0.25, -0.2) is 0 Å². The third-order valence-corrected chi connectivity index (χ3v) is 3.19. The Morgan fingerprint density at radius 1 is 0.944 bits per heavy atom. The van der Waals surface area contributed by atoms with Crippen LogP contribution < -0.4 is 11.5 Å². The van der Waals surface area contributed by atoms with Crippen molar-refractivity contribution in [1.82, 2.24) is 0 Å². The molecule has 0 radical (unpaired) electrons. The van der Waals surface area contributed by atoms with Crippen LogP contribution in [0.2, 0.25) is 0 Å². The second kappa shape index (κ2) is 13.0. The quantitative estimate of drug-likeness (QED) is 0.504. The summed E-state index contributed by atoms with van der Waals surface area (Å²) in [4.78, 5) is 20.1. The lowest BCUT2D eigenvalue weighted by Crippen LogP contribution is -2.30. The Balaban J connectivity index is 0. The van der Waals surface area contributed by atoms with E-state index in [-0.39, 0.29) is 0 Å². The fourth-order valence-corrected chi connectivity index (χ4v) is 1.72. The number of hydrogen-bond donors (Lipinski definition) is 4. The van der Waals surface area contributed by atoms with Gasteiger partial charge in [-0.1, -0.05) is 0 Å². The maximum absolute atomic E-state index is 10.1. The predicted molar refractivity (Wildman–Crippen MR) is 77.2 cm³/mol. The summed E-state index contributed by atoms with van der Waals surface area (Å²) >= 11 is 3.21. The van der Waals surface area contributed by atoms with Crippen molar-refractivity contribution in [3.05, 3.63) is 0 Å². The number of carboxylic acids is 2. The van der Waals surface area contributed by atoms with Crippen molar-refractivity contribution >= 4 is 35.5 Å². The topological polar surface area (TPSA) is 127 Å². The molecule has 0 saturated heterocycles. The van der Waals surface area contributed by atoms with Crippen molar-refractivity contribution in [3.63, 3.8) is 0 Å². The first kappa shape index (κ1) is 19.9. The van der Waals surface area contributed by atoms with E-state index in [0.29, 0.717) is 12.8 Å². The van der Waals surface area contributed by atoms with Crippen molar-refractivity contribution < 1.29 is 19.8 Å². The lowest BCUT2D eigenvalue weighted by atomic mass is 10.2. The van der Waals surface area contributed by atoms with Crippen LogP contribution in [-0.2, 0) is 9.59 Å². The van der Waals surface area contributed by atoms with Gasteiger partial charge < -0.3 is 21.7 Å². The predicted octanol–water partition coefficient (Wildman–Crippen LogP) is 0.303. The summed E-state index contributed by atoms with van der Waals surface area (Å²) in [6, 6.07) is -1.37. The molecule has 6 N–H and O–H groups in total. The van der Waals surface area contributed by atoms with Crippen LogP contribution in [0.1, 0.15) is 12.8 Å². The molecule has 2 unspecified atom stereocenters. The normalized spacial score (nSPS) is 13.1. The van der Waals surface area contributed by atoms with E-state index in [9.17, 15) is 9.59 Å². The second-order valence-electron chi connectivity index (χ2n) is 3.45. The van der Waals surface area contributed by atoms with Gasteiger partial charge in [0, 0.05) is 0 Å². The van der Waals surface area contributed by atoms with Gasteiger partial charge in [0.15, 0.2) is 0 Å². The van der Waals surface area contributed by atoms with Crippen molar-refractivity contribution in [2.24, 2.45) is 11.5 Å². The standard InChI is InChI=1S/2C5H11NO2S/c2*1-9-3-2-4(6)5(7)8/h2*4H,2-3,6H2,1H3,(H,7,8). The number of rotatable bonds is 8. The van der Waals surface area contributed by atoms with Gasteiger partial charge in [0.2, 0.25) is 0 Å². The van der Waals surface area contributed by atoms with Crippen LogP contribution in [0.15, 0.2) is 0 Å². The number of nitrogens with two attached hydrogens (primary N) is 2. The van der Waals surface area contributed by atoms with Gasteiger partial charge >= 0.3 is 11.9 Å². The minimum absolute atomic E-state index is 0.552. The minimum Gasteiger partial charge on any atom is -0.480 e. The van der Waals surface area contributed by atoms with Gasteiger partial charge in [-0.15, -0.1) is 0 Å². The molecule has 0 aromatic heterocycles. The van der Waals surface area contributed by atoms with E-state index in [2.05, 4.69) is 0 Å². The maximum atomic E-state index is 10.1. The van der Waals surface area contributed by atoms with Gasteiger partial charge in [0.05, 0.1) is 0 Å². The highest BCUT2D eigenvalue weighted by molar-refractivity contribution is 7.98. The molecule has 6 nitrogen and oxygen atoms in total. The lowest BCUT2D eigenvalue weighted by molar-refractivity contribution is -0.139. The molecule has 0 spiro atoms. The smallest absolute Gasteiger partial charge is 0.320 e. The number of aliphatic carboxylic acids is 2. The summed E-state index contributed by atoms with van der Waals surface area (Å²) < 4.78 is 0. The van der Waals surface area contributed by atoms with Crippen LogP contribution in [0, 0.1) is 0 Å². The summed E-state index contributed by atoms with van der Waals surface area (Å²) in [7, 11) is 0. The van der Waals surface area contributed by atoms with Crippen LogP contribution in [0.5, 0.6) is 0 Å². The van der Waals surface area contributed by atoms with Crippen LogP contribution in [0.25, 0.3) is 0 Å². The molecule has 0 fully saturated rings. The number of hydrogen-bond acceptors (Lipinski definition) is 6. The van der Waals surface area contributed by atoms with E-state index >= 15 is 0 Å². The highest BCUT2D eigenvalue weighted by Crippen LogP contribution is 1.98. The van der Waals surface area contributed by atoms with Crippen molar-refractivity contribution in [3.8, 4) is 0 Å². The number of carboxylic acid groups (broad SMARTS) is 2. The van der Waals surface area contributed by atoms with Gasteiger partial charge in [0.25, 0.3) is 0 Å². The van der Waals surface area contributed by atoms with Crippen molar-refractivity contribution in [1.29, 1.82) is 0 Å². The molecule has 0 saturated carbocycles. The van der Waals surface area contributed by atoms with Crippen LogP contribution in [0.3, 0.4) is 0 Å². The fraction of sp³-hybridized carbons (Fsp3) is 0.800. The highest BCUT2D eigenvalue weighted by atomic mass is 32.2. The summed E-state index contributed by atoms with van der Waals surface area (Å²) in [5.41, 5.74) is 10.4. The first-order chi connectivity index (χ1) is 8.36. The van der Waals surface area contributed by atoms with Crippen molar-refractivity contribution in [2.45, 2.75) is 24.9 Å². The van der Waals surface area contributed by atoms with E-state index < -0.39 is 24.0 Å². The molecule has 0 aromatic rings. The Kier molecular flexibility index (Phi) is 14.4. The summed E-state index contributed by atoms with van der Waals surface area (Å²) in [5, 5.41) is 16.5. The van der Waals surface area contributed by atoms with Crippen LogP contribution in [-0.4, -0.2) is 58.3 Å². The highest BCUT2D eigenvalue weighted by Gasteiger charge is 2.09. The van der Waals surface area contributed by atoms with E-state index in [4.69, 9.17) is 21.7 Å². The maximum Gasteiger partial charge on any atom is 0.320 e. The van der Waals surface area contributed by atoms with E-state index in [0.717, 1.165) is 11.5 Å². The molecular weight excluding hydrogens is 276 g/mol. The molecule has 8 heteroatoms. The fourth-order valence-electron chi connectivity index (χ4n) is 0.737. The van der Waals surface area contributed by atoms with E-state index in [1.54, 1.807) is 23.5 Å². The third kappa shape index (κ3) is 13.6. The van der Waals surface area contributed by atoms with Gasteiger partial charge in [-0.05, 0) is 36.9 Å². The molecule has 2 atom stereocenters. The minimum atomic E-state index is -0.913. The van der Waals surface area contributed by atoms with Crippen LogP contribution >= 0.6 is 23.5 Å². The Morgan fingerprint density at radius 3 is 1.39 bits per heavy atom. The van der Waals surface area contributed by atoms with E-state index in [1.165, 1.54) is 0 Å². The third-order valence-electron chi connectivity index (χ3n) is 1.90. The van der Waals surface area contributed by atoms with Crippen LogP contribution in [0.4, 0.5) is 0 Å². The zero-order chi connectivity index (χ0) is 14.6. The summed E-state index contributed by atoms with van der Waals surface area (Å²) in [6.07, 6.45) is 4.95. The molecule has 0 bridgehead atoms. The average molecular weight is 298 g/mol. The number of thioether (sulfide) groups is 2. The molecular formula is C10H22N2O4S2.